The second kappa shape index (κ2) is 5.09. The highest BCUT2D eigenvalue weighted by atomic mass is 16.1. The third-order valence-electron chi connectivity index (χ3n) is 2.94. The van der Waals surface area contributed by atoms with Crippen molar-refractivity contribution in [1.29, 1.82) is 0 Å². The molecule has 1 aromatic rings. The van der Waals surface area contributed by atoms with Gasteiger partial charge in [0.05, 0.1) is 12.4 Å². The lowest BCUT2D eigenvalue weighted by molar-refractivity contribution is 0.0942. The fourth-order valence-corrected chi connectivity index (χ4v) is 1.98. The number of nitrogens with two attached hydrogens (primary N) is 1. The maximum absolute atomic E-state index is 11.7. The topological polar surface area (TPSA) is 84.1 Å². The Hall–Kier alpha value is -1.69. The first kappa shape index (κ1) is 11.8. The Kier molecular flexibility index (Phi) is 3.53. The van der Waals surface area contributed by atoms with Crippen LogP contribution in [-0.2, 0) is 0 Å². The molecular weight excluding hydrogens is 218 g/mol. The van der Waals surface area contributed by atoms with Gasteiger partial charge in [0, 0.05) is 13.1 Å². The summed E-state index contributed by atoms with van der Waals surface area (Å²) in [6.07, 6.45) is 3.91. The fraction of sp³-hybridized carbons (Fsp3) is 0.545. The molecular formula is C11H17N5O. The molecule has 1 saturated heterocycles. The molecule has 1 amide bonds. The van der Waals surface area contributed by atoms with Crippen molar-refractivity contribution in [2.75, 3.05) is 32.4 Å². The van der Waals surface area contributed by atoms with E-state index in [9.17, 15) is 4.79 Å². The van der Waals surface area contributed by atoms with Gasteiger partial charge in [0.25, 0.3) is 5.91 Å². The average Bonchev–Trinajstić information content (AvgIpc) is 2.73. The number of nitrogens with one attached hydrogen (secondary N) is 1. The van der Waals surface area contributed by atoms with E-state index in [1.807, 2.05) is 0 Å². The quantitative estimate of drug-likeness (QED) is 0.754. The molecule has 1 unspecified atom stereocenters. The number of hydrogen-bond donors (Lipinski definition) is 2. The zero-order valence-corrected chi connectivity index (χ0v) is 9.89. The molecule has 0 saturated carbocycles. The van der Waals surface area contributed by atoms with Gasteiger partial charge in [-0.05, 0) is 25.9 Å². The van der Waals surface area contributed by atoms with Gasteiger partial charge in [-0.25, -0.2) is 9.97 Å². The van der Waals surface area contributed by atoms with Gasteiger partial charge in [-0.1, -0.05) is 0 Å². The molecule has 6 heteroatoms. The van der Waals surface area contributed by atoms with Crippen LogP contribution in [0.1, 0.15) is 16.9 Å². The summed E-state index contributed by atoms with van der Waals surface area (Å²) in [4.78, 5) is 21.8. The van der Waals surface area contributed by atoms with Crippen LogP contribution in [0.5, 0.6) is 0 Å². The Labute approximate surface area is 100 Å². The van der Waals surface area contributed by atoms with E-state index in [2.05, 4.69) is 27.2 Å². The van der Waals surface area contributed by atoms with Crippen LogP contribution in [-0.4, -0.2) is 47.5 Å². The van der Waals surface area contributed by atoms with Gasteiger partial charge in [-0.15, -0.1) is 0 Å². The number of rotatable bonds is 3. The van der Waals surface area contributed by atoms with E-state index in [1.54, 1.807) is 0 Å². The first-order chi connectivity index (χ1) is 8.15. The van der Waals surface area contributed by atoms with Crippen molar-refractivity contribution in [2.45, 2.75) is 6.42 Å². The molecule has 2 heterocycles. The van der Waals surface area contributed by atoms with Crippen LogP contribution in [0.3, 0.4) is 0 Å². The fourth-order valence-electron chi connectivity index (χ4n) is 1.98. The summed E-state index contributed by atoms with van der Waals surface area (Å²) in [6.45, 7) is 2.82. The van der Waals surface area contributed by atoms with Gasteiger partial charge in [-0.2, -0.15) is 0 Å². The molecule has 17 heavy (non-hydrogen) atoms. The van der Waals surface area contributed by atoms with E-state index in [4.69, 9.17) is 5.73 Å². The van der Waals surface area contributed by atoms with E-state index in [1.165, 1.54) is 12.4 Å². The number of carbonyl (C=O) groups excluding carboxylic acids is 1. The van der Waals surface area contributed by atoms with Crippen LogP contribution in [0.4, 0.5) is 5.82 Å². The minimum Gasteiger partial charge on any atom is -0.382 e. The lowest BCUT2D eigenvalue weighted by Gasteiger charge is -2.11. The summed E-state index contributed by atoms with van der Waals surface area (Å²) in [5.41, 5.74) is 5.72. The molecule has 0 spiro atoms. The number of carbonyl (C=O) groups is 1. The number of likely N-dealkylation sites (tertiary alicyclic amines) is 1. The maximum Gasteiger partial charge on any atom is 0.271 e. The molecule has 1 aliphatic rings. The summed E-state index contributed by atoms with van der Waals surface area (Å²) in [6, 6.07) is 0. The van der Waals surface area contributed by atoms with Gasteiger partial charge in [0.1, 0.15) is 11.5 Å². The first-order valence-electron chi connectivity index (χ1n) is 5.69. The molecule has 0 aliphatic carbocycles. The van der Waals surface area contributed by atoms with Gasteiger partial charge in [0.2, 0.25) is 0 Å². The molecule has 1 atom stereocenters. The normalized spacial score (nSPS) is 20.4. The van der Waals surface area contributed by atoms with Crippen LogP contribution in [0, 0.1) is 5.92 Å². The molecule has 92 valence electrons. The molecule has 1 aromatic heterocycles. The van der Waals surface area contributed by atoms with Crippen LogP contribution < -0.4 is 11.1 Å². The predicted molar refractivity (Wildman–Crippen MR) is 64.4 cm³/mol. The van der Waals surface area contributed by atoms with Gasteiger partial charge in [-0.3, -0.25) is 4.79 Å². The van der Waals surface area contributed by atoms with E-state index >= 15 is 0 Å². The zero-order valence-electron chi connectivity index (χ0n) is 9.89. The lowest BCUT2D eigenvalue weighted by atomic mass is 10.1. The zero-order chi connectivity index (χ0) is 12.3. The predicted octanol–water partition coefficient (Wildman–Crippen LogP) is -0.260. The number of anilines is 1. The van der Waals surface area contributed by atoms with Crippen LogP contribution in [0.25, 0.3) is 0 Å². The van der Waals surface area contributed by atoms with E-state index < -0.39 is 0 Å². The van der Waals surface area contributed by atoms with Gasteiger partial charge >= 0.3 is 0 Å². The number of hydrogen-bond acceptors (Lipinski definition) is 5. The van der Waals surface area contributed by atoms with Crippen molar-refractivity contribution in [3.05, 3.63) is 18.1 Å². The summed E-state index contributed by atoms with van der Waals surface area (Å²) in [5, 5.41) is 2.87. The third-order valence-corrected chi connectivity index (χ3v) is 2.94. The van der Waals surface area contributed by atoms with E-state index in [0.717, 1.165) is 19.5 Å². The minimum absolute atomic E-state index is 0.188. The summed E-state index contributed by atoms with van der Waals surface area (Å²) in [5.74, 6) is 0.664. The van der Waals surface area contributed by atoms with E-state index in [-0.39, 0.29) is 5.91 Å². The smallest absolute Gasteiger partial charge is 0.271 e. The highest BCUT2D eigenvalue weighted by Gasteiger charge is 2.20. The molecule has 1 aliphatic heterocycles. The minimum atomic E-state index is -0.188. The van der Waals surface area contributed by atoms with Gasteiger partial charge in [0.15, 0.2) is 0 Å². The van der Waals surface area contributed by atoms with Crippen molar-refractivity contribution in [3.63, 3.8) is 0 Å². The standard InChI is InChI=1S/C11H17N5O/c1-16-3-2-8(7-16)4-15-11(17)9-5-14-10(12)6-13-9/h5-6,8H,2-4,7H2,1H3,(H2,12,14)(H,15,17). The Morgan fingerprint density at radius 3 is 3.00 bits per heavy atom. The summed E-state index contributed by atoms with van der Waals surface area (Å²) >= 11 is 0. The van der Waals surface area contributed by atoms with Crippen LogP contribution in [0.15, 0.2) is 12.4 Å². The SMILES string of the molecule is CN1CCC(CNC(=O)c2cnc(N)cn2)C1. The number of amides is 1. The van der Waals surface area contributed by atoms with Crippen molar-refractivity contribution in [1.82, 2.24) is 20.2 Å². The molecule has 0 radical (unpaired) electrons. The Morgan fingerprint density at radius 1 is 1.59 bits per heavy atom. The third kappa shape index (κ3) is 3.13. The van der Waals surface area contributed by atoms with Crippen LogP contribution in [0.2, 0.25) is 0 Å². The second-order valence-corrected chi connectivity index (χ2v) is 4.45. The maximum atomic E-state index is 11.7. The average molecular weight is 235 g/mol. The molecule has 3 N–H and O–H groups in total. The highest BCUT2D eigenvalue weighted by molar-refractivity contribution is 5.91. The number of aromatic nitrogens is 2. The summed E-state index contributed by atoms with van der Waals surface area (Å²) in [7, 11) is 2.09. The number of nitrogen functional groups attached to an aromatic ring is 1. The van der Waals surface area contributed by atoms with Crippen molar-refractivity contribution in [3.8, 4) is 0 Å². The van der Waals surface area contributed by atoms with Gasteiger partial charge < -0.3 is 16.0 Å². The molecule has 2 rings (SSSR count). The van der Waals surface area contributed by atoms with Crippen molar-refractivity contribution >= 4 is 11.7 Å². The van der Waals surface area contributed by atoms with Crippen LogP contribution >= 0.6 is 0 Å². The first-order valence-corrected chi connectivity index (χ1v) is 5.69. The van der Waals surface area contributed by atoms with E-state index in [0.29, 0.717) is 24.0 Å². The second-order valence-electron chi connectivity index (χ2n) is 4.45. The monoisotopic (exact) mass is 235 g/mol. The lowest BCUT2D eigenvalue weighted by Crippen LogP contribution is -2.31. The largest absolute Gasteiger partial charge is 0.382 e. The molecule has 0 bridgehead atoms. The molecule has 0 aromatic carbocycles. The Morgan fingerprint density at radius 2 is 2.41 bits per heavy atom. The summed E-state index contributed by atoms with van der Waals surface area (Å²) < 4.78 is 0. The highest BCUT2D eigenvalue weighted by Crippen LogP contribution is 2.12. The molecule has 6 nitrogen and oxygen atoms in total. The molecule has 1 fully saturated rings. The Bertz CT molecular complexity index is 391. The van der Waals surface area contributed by atoms with Crippen molar-refractivity contribution < 1.29 is 4.79 Å². The Balaban J connectivity index is 1.83. The number of nitrogens with zero attached hydrogens (tertiary/aromatic N) is 3. The van der Waals surface area contributed by atoms with Crippen molar-refractivity contribution in [2.24, 2.45) is 5.92 Å².